The number of unbranched alkanes of at least 4 members (excludes halogenated alkanes) is 31. The van der Waals surface area contributed by atoms with E-state index in [4.69, 9.17) is 14.2 Å². The fraction of sp³-hybridized carbons (Fsp3) is 0.836. The SMILES string of the molecule is CC/C=C\C/C=C\C/C=C\CCCCCC(=O)OC(COC(=O)CCCCCCCCCCC)COC(=O)CCCCCCCCCCCCCCCCCCCCCCC. The maximum atomic E-state index is 12.7. The third-order valence-corrected chi connectivity index (χ3v) is 11.7. The molecule has 0 aliphatic carbocycles. The van der Waals surface area contributed by atoms with E-state index >= 15 is 0 Å². The maximum absolute atomic E-state index is 12.7. The smallest absolute Gasteiger partial charge is 0.306 e. The van der Waals surface area contributed by atoms with Gasteiger partial charge in [-0.3, -0.25) is 14.4 Å². The highest BCUT2D eigenvalue weighted by Crippen LogP contribution is 2.16. The summed E-state index contributed by atoms with van der Waals surface area (Å²) in [7, 11) is 0. The molecular weight excluding hydrogens is 757 g/mol. The summed E-state index contributed by atoms with van der Waals surface area (Å²) in [6.07, 6.45) is 58.6. The summed E-state index contributed by atoms with van der Waals surface area (Å²) in [5.41, 5.74) is 0. The number of hydrogen-bond donors (Lipinski definition) is 0. The van der Waals surface area contributed by atoms with Crippen LogP contribution in [0.15, 0.2) is 36.5 Å². The minimum atomic E-state index is -0.781. The Morgan fingerprint density at radius 2 is 0.639 bits per heavy atom. The second-order valence-electron chi connectivity index (χ2n) is 17.8. The molecule has 0 rings (SSSR count). The zero-order valence-electron chi connectivity index (χ0n) is 40.7. The molecule has 0 aromatic heterocycles. The van der Waals surface area contributed by atoms with E-state index in [0.29, 0.717) is 19.3 Å². The van der Waals surface area contributed by atoms with Crippen molar-refractivity contribution in [3.63, 3.8) is 0 Å². The van der Waals surface area contributed by atoms with Crippen molar-refractivity contribution in [3.05, 3.63) is 36.5 Å². The first kappa shape index (κ1) is 58.6. The first-order valence-corrected chi connectivity index (χ1v) is 26.5. The predicted molar refractivity (Wildman–Crippen MR) is 261 cm³/mol. The van der Waals surface area contributed by atoms with Crippen LogP contribution in [0, 0.1) is 0 Å². The van der Waals surface area contributed by atoms with Crippen molar-refractivity contribution in [1.82, 2.24) is 0 Å². The zero-order chi connectivity index (χ0) is 44.4. The van der Waals surface area contributed by atoms with Crippen LogP contribution in [0.5, 0.6) is 0 Å². The Labute approximate surface area is 378 Å². The van der Waals surface area contributed by atoms with Gasteiger partial charge in [-0.1, -0.05) is 243 Å². The van der Waals surface area contributed by atoms with Crippen LogP contribution in [0.3, 0.4) is 0 Å². The summed E-state index contributed by atoms with van der Waals surface area (Å²) in [5, 5.41) is 0. The molecular formula is C55H100O6. The van der Waals surface area contributed by atoms with Crippen LogP contribution >= 0.6 is 0 Å². The summed E-state index contributed by atoms with van der Waals surface area (Å²) in [6, 6.07) is 0. The summed E-state index contributed by atoms with van der Waals surface area (Å²) in [6.45, 7) is 6.51. The number of rotatable bonds is 48. The first-order chi connectivity index (χ1) is 30.0. The lowest BCUT2D eigenvalue weighted by atomic mass is 10.0. The Balaban J connectivity index is 4.23. The van der Waals surface area contributed by atoms with Crippen molar-refractivity contribution < 1.29 is 28.6 Å². The van der Waals surface area contributed by atoms with Gasteiger partial charge in [0.25, 0.3) is 0 Å². The molecule has 0 aromatic rings. The van der Waals surface area contributed by atoms with Crippen molar-refractivity contribution in [2.45, 2.75) is 284 Å². The second kappa shape index (κ2) is 50.3. The molecule has 0 aliphatic rings. The number of carbonyl (C=O) groups excluding carboxylic acids is 3. The first-order valence-electron chi connectivity index (χ1n) is 26.5. The Morgan fingerprint density at radius 3 is 1.00 bits per heavy atom. The summed E-state index contributed by atoms with van der Waals surface area (Å²) in [4.78, 5) is 37.9. The number of ether oxygens (including phenoxy) is 3. The van der Waals surface area contributed by atoms with Crippen LogP contribution in [-0.2, 0) is 28.6 Å². The normalized spacial score (nSPS) is 12.2. The third kappa shape index (κ3) is 48.5. The van der Waals surface area contributed by atoms with Crippen LogP contribution in [0.1, 0.15) is 278 Å². The third-order valence-electron chi connectivity index (χ3n) is 11.7. The Kier molecular flexibility index (Phi) is 48.3. The van der Waals surface area contributed by atoms with Crippen LogP contribution in [0.25, 0.3) is 0 Å². The molecule has 6 nitrogen and oxygen atoms in total. The molecule has 61 heavy (non-hydrogen) atoms. The molecule has 6 heteroatoms. The van der Waals surface area contributed by atoms with E-state index in [2.05, 4.69) is 57.2 Å². The number of allylic oxidation sites excluding steroid dienone is 6. The van der Waals surface area contributed by atoms with Gasteiger partial charge < -0.3 is 14.2 Å². The lowest BCUT2D eigenvalue weighted by Gasteiger charge is -2.18. The van der Waals surface area contributed by atoms with Gasteiger partial charge in [-0.25, -0.2) is 0 Å². The highest BCUT2D eigenvalue weighted by Gasteiger charge is 2.19. The average molecular weight is 857 g/mol. The quantitative estimate of drug-likeness (QED) is 0.0262. The highest BCUT2D eigenvalue weighted by atomic mass is 16.6. The summed E-state index contributed by atoms with van der Waals surface area (Å²) < 4.78 is 16.7. The van der Waals surface area contributed by atoms with Crippen molar-refractivity contribution in [3.8, 4) is 0 Å². The van der Waals surface area contributed by atoms with E-state index in [9.17, 15) is 14.4 Å². The fourth-order valence-corrected chi connectivity index (χ4v) is 7.69. The molecule has 356 valence electrons. The predicted octanol–water partition coefficient (Wildman–Crippen LogP) is 17.3. The molecule has 0 aromatic carbocycles. The minimum absolute atomic E-state index is 0.0801. The zero-order valence-corrected chi connectivity index (χ0v) is 40.7. The van der Waals surface area contributed by atoms with Crippen LogP contribution in [-0.4, -0.2) is 37.2 Å². The Bertz CT molecular complexity index is 1030. The topological polar surface area (TPSA) is 78.9 Å². The van der Waals surface area contributed by atoms with Crippen molar-refractivity contribution >= 4 is 17.9 Å². The molecule has 0 aliphatic heterocycles. The van der Waals surface area contributed by atoms with Gasteiger partial charge in [0.05, 0.1) is 0 Å². The van der Waals surface area contributed by atoms with Crippen molar-refractivity contribution in [1.29, 1.82) is 0 Å². The van der Waals surface area contributed by atoms with Crippen LogP contribution in [0.4, 0.5) is 0 Å². The van der Waals surface area contributed by atoms with E-state index in [-0.39, 0.29) is 31.1 Å². The molecule has 0 heterocycles. The van der Waals surface area contributed by atoms with E-state index in [0.717, 1.165) is 83.5 Å². The number of hydrogen-bond acceptors (Lipinski definition) is 6. The van der Waals surface area contributed by atoms with E-state index in [1.54, 1.807) is 0 Å². The largest absolute Gasteiger partial charge is 0.462 e. The maximum Gasteiger partial charge on any atom is 0.306 e. The minimum Gasteiger partial charge on any atom is -0.462 e. The van der Waals surface area contributed by atoms with Gasteiger partial charge in [-0.2, -0.15) is 0 Å². The molecule has 0 amide bonds. The van der Waals surface area contributed by atoms with Crippen molar-refractivity contribution in [2.75, 3.05) is 13.2 Å². The van der Waals surface area contributed by atoms with Crippen molar-refractivity contribution in [2.24, 2.45) is 0 Å². The van der Waals surface area contributed by atoms with Gasteiger partial charge in [0.1, 0.15) is 13.2 Å². The molecule has 0 spiro atoms. The molecule has 0 bridgehead atoms. The van der Waals surface area contributed by atoms with Crippen LogP contribution < -0.4 is 0 Å². The molecule has 1 atom stereocenters. The van der Waals surface area contributed by atoms with Crippen LogP contribution in [0.2, 0.25) is 0 Å². The fourth-order valence-electron chi connectivity index (χ4n) is 7.69. The van der Waals surface area contributed by atoms with Gasteiger partial charge in [-0.05, 0) is 51.4 Å². The van der Waals surface area contributed by atoms with Gasteiger partial charge in [0.15, 0.2) is 6.10 Å². The molecule has 0 N–H and O–H groups in total. The molecule has 0 fully saturated rings. The monoisotopic (exact) mass is 857 g/mol. The number of carbonyl (C=O) groups is 3. The average Bonchev–Trinajstić information content (AvgIpc) is 3.26. The molecule has 0 saturated carbocycles. The van der Waals surface area contributed by atoms with E-state index < -0.39 is 6.10 Å². The highest BCUT2D eigenvalue weighted by molar-refractivity contribution is 5.71. The van der Waals surface area contributed by atoms with Gasteiger partial charge in [0.2, 0.25) is 0 Å². The lowest BCUT2D eigenvalue weighted by Crippen LogP contribution is -2.30. The molecule has 0 radical (unpaired) electrons. The van der Waals surface area contributed by atoms with E-state index in [1.165, 1.54) is 154 Å². The van der Waals surface area contributed by atoms with E-state index in [1.807, 2.05) is 0 Å². The number of esters is 3. The van der Waals surface area contributed by atoms with Gasteiger partial charge >= 0.3 is 17.9 Å². The van der Waals surface area contributed by atoms with Gasteiger partial charge in [-0.15, -0.1) is 0 Å². The lowest BCUT2D eigenvalue weighted by molar-refractivity contribution is -0.167. The summed E-state index contributed by atoms with van der Waals surface area (Å²) >= 11 is 0. The second-order valence-corrected chi connectivity index (χ2v) is 17.8. The summed E-state index contributed by atoms with van der Waals surface area (Å²) in [5.74, 6) is -0.901. The Hall–Kier alpha value is -2.37. The molecule has 1 unspecified atom stereocenters. The Morgan fingerprint density at radius 1 is 0.344 bits per heavy atom. The molecule has 0 saturated heterocycles. The standard InChI is InChI=1S/C55H100O6/c1-4-7-10-13-16-19-21-23-24-25-26-27-28-29-30-32-33-36-39-42-45-48-54(57)60-51-52(50-59-53(56)47-44-41-38-35-18-15-12-9-6-3)61-55(58)49-46-43-40-37-34-31-22-20-17-14-11-8-5-2/h8,11,17,20,31,34,52H,4-7,9-10,12-16,18-19,21-30,32-33,35-51H2,1-3H3/b11-8-,20-17-,34-31-. The van der Waals surface area contributed by atoms with Gasteiger partial charge in [0, 0.05) is 19.3 Å².